The molecular formula is C16H14ClN3O4S. The van der Waals surface area contributed by atoms with Crippen LogP contribution in [0.4, 0.5) is 5.69 Å². The van der Waals surface area contributed by atoms with Gasteiger partial charge in [-0.25, -0.2) is 0 Å². The highest BCUT2D eigenvalue weighted by Gasteiger charge is 2.19. The van der Waals surface area contributed by atoms with Gasteiger partial charge >= 0.3 is 10.8 Å². The van der Waals surface area contributed by atoms with Crippen molar-refractivity contribution in [2.45, 2.75) is 26.5 Å². The van der Waals surface area contributed by atoms with E-state index in [1.54, 1.807) is 12.3 Å². The number of nitriles is 1. The van der Waals surface area contributed by atoms with E-state index in [1.807, 2.05) is 6.07 Å². The fourth-order valence-corrected chi connectivity index (χ4v) is 2.90. The van der Waals surface area contributed by atoms with Crippen molar-refractivity contribution in [2.24, 2.45) is 0 Å². The Morgan fingerprint density at radius 1 is 1.48 bits per heavy atom. The Hall–Kier alpha value is -2.63. The number of thiazole rings is 1. The summed E-state index contributed by atoms with van der Waals surface area (Å²) in [5, 5.41) is 13.2. The van der Waals surface area contributed by atoms with Gasteiger partial charge in [0, 0.05) is 16.8 Å². The van der Waals surface area contributed by atoms with Crippen molar-refractivity contribution < 1.29 is 14.3 Å². The number of hydrogen-bond acceptors (Lipinski definition) is 6. The maximum atomic E-state index is 12.1. The normalized spacial score (nSPS) is 11.4. The molecule has 2 rings (SSSR count). The molecule has 0 aliphatic rings. The second kappa shape index (κ2) is 7.96. The molecule has 1 heterocycles. The summed E-state index contributed by atoms with van der Waals surface area (Å²) in [6.07, 6.45) is -1.06. The first-order valence-corrected chi connectivity index (χ1v) is 8.42. The molecule has 1 N–H and O–H groups in total. The van der Waals surface area contributed by atoms with Crippen molar-refractivity contribution in [1.82, 2.24) is 4.57 Å². The number of esters is 1. The number of halogens is 1. The molecule has 1 amide bonds. The third-order valence-electron chi connectivity index (χ3n) is 3.30. The molecule has 25 heavy (non-hydrogen) atoms. The van der Waals surface area contributed by atoms with Crippen LogP contribution < -0.4 is 10.2 Å². The number of carbonyl (C=O) groups is 2. The molecular weight excluding hydrogens is 366 g/mol. The molecule has 1 aromatic carbocycles. The number of aromatic nitrogens is 1. The molecule has 130 valence electrons. The number of amides is 1. The van der Waals surface area contributed by atoms with E-state index >= 15 is 0 Å². The molecule has 0 unspecified atom stereocenters. The monoisotopic (exact) mass is 379 g/mol. The molecule has 2 aromatic rings. The molecule has 0 spiro atoms. The van der Waals surface area contributed by atoms with E-state index in [0.717, 1.165) is 11.3 Å². The van der Waals surface area contributed by atoms with Gasteiger partial charge in [0.2, 0.25) is 0 Å². The fraction of sp³-hybridized carbons (Fsp3) is 0.250. The first-order valence-electron chi connectivity index (χ1n) is 7.16. The van der Waals surface area contributed by atoms with Crippen LogP contribution in [-0.2, 0) is 20.9 Å². The van der Waals surface area contributed by atoms with Gasteiger partial charge in [-0.3, -0.25) is 19.0 Å². The molecule has 0 aliphatic carbocycles. The number of ether oxygens (including phenoxy) is 1. The van der Waals surface area contributed by atoms with E-state index in [9.17, 15) is 14.4 Å². The second-order valence-corrected chi connectivity index (χ2v) is 6.38. The van der Waals surface area contributed by atoms with Crippen molar-refractivity contribution in [3.8, 4) is 6.07 Å². The summed E-state index contributed by atoms with van der Waals surface area (Å²) in [5.74, 6) is -1.24. The zero-order valence-corrected chi connectivity index (χ0v) is 15.0. The summed E-state index contributed by atoms with van der Waals surface area (Å²) in [5.41, 5.74) is 1.31. The topological polar surface area (TPSA) is 101 Å². The number of anilines is 1. The lowest BCUT2D eigenvalue weighted by atomic mass is 10.2. The average Bonchev–Trinajstić information content (AvgIpc) is 2.86. The number of carbonyl (C=O) groups excluding carboxylic acids is 2. The first kappa shape index (κ1) is 18.7. The minimum Gasteiger partial charge on any atom is -0.451 e. The van der Waals surface area contributed by atoms with Gasteiger partial charge in [-0.2, -0.15) is 5.26 Å². The summed E-state index contributed by atoms with van der Waals surface area (Å²) in [6, 6.07) is 6.34. The molecule has 9 heteroatoms. The summed E-state index contributed by atoms with van der Waals surface area (Å²) in [6.45, 7) is 2.87. The molecule has 1 atom stereocenters. The Bertz CT molecular complexity index is 913. The summed E-state index contributed by atoms with van der Waals surface area (Å²) >= 11 is 6.88. The van der Waals surface area contributed by atoms with E-state index in [4.69, 9.17) is 21.6 Å². The maximum Gasteiger partial charge on any atom is 0.326 e. The van der Waals surface area contributed by atoms with Crippen molar-refractivity contribution >= 4 is 40.5 Å². The molecule has 0 saturated heterocycles. The van der Waals surface area contributed by atoms with Crippen LogP contribution in [-0.4, -0.2) is 22.5 Å². The van der Waals surface area contributed by atoms with Crippen LogP contribution in [0.5, 0.6) is 0 Å². The SMILES string of the molecule is Cc1csc(=O)n1CC(=O)O[C@@H](C)C(=O)Nc1ccc(C#N)c(Cl)c1. The maximum absolute atomic E-state index is 12.1. The Kier molecular flexibility index (Phi) is 5.96. The van der Waals surface area contributed by atoms with Gasteiger partial charge in [-0.05, 0) is 32.0 Å². The van der Waals surface area contributed by atoms with E-state index in [2.05, 4.69) is 5.32 Å². The minimum atomic E-state index is -1.06. The van der Waals surface area contributed by atoms with Gasteiger partial charge in [0.05, 0.1) is 10.6 Å². The van der Waals surface area contributed by atoms with E-state index in [1.165, 1.54) is 29.7 Å². The quantitative estimate of drug-likeness (QED) is 0.803. The summed E-state index contributed by atoms with van der Waals surface area (Å²) in [7, 11) is 0. The van der Waals surface area contributed by atoms with Gasteiger partial charge < -0.3 is 10.1 Å². The molecule has 0 saturated carbocycles. The Balaban J connectivity index is 1.96. The van der Waals surface area contributed by atoms with Gasteiger partial charge in [0.1, 0.15) is 12.6 Å². The Morgan fingerprint density at radius 2 is 2.20 bits per heavy atom. The Morgan fingerprint density at radius 3 is 2.76 bits per heavy atom. The number of nitrogens with zero attached hydrogens (tertiary/aromatic N) is 2. The Labute approximate surface area is 152 Å². The van der Waals surface area contributed by atoms with Gasteiger partial charge in [0.15, 0.2) is 6.10 Å². The smallest absolute Gasteiger partial charge is 0.326 e. The molecule has 0 radical (unpaired) electrons. The fourth-order valence-electron chi connectivity index (χ4n) is 1.94. The highest BCUT2D eigenvalue weighted by molar-refractivity contribution is 7.07. The van der Waals surface area contributed by atoms with E-state index < -0.39 is 18.0 Å². The zero-order valence-electron chi connectivity index (χ0n) is 13.4. The van der Waals surface area contributed by atoms with Gasteiger partial charge in [0.25, 0.3) is 5.91 Å². The number of benzene rings is 1. The molecule has 0 fully saturated rings. The third kappa shape index (κ3) is 4.68. The van der Waals surface area contributed by atoms with Gasteiger partial charge in [-0.15, -0.1) is 0 Å². The summed E-state index contributed by atoms with van der Waals surface area (Å²) in [4.78, 5) is 35.3. The number of hydrogen-bond donors (Lipinski definition) is 1. The second-order valence-electron chi connectivity index (χ2n) is 5.16. The lowest BCUT2D eigenvalue weighted by molar-refractivity contribution is -0.153. The largest absolute Gasteiger partial charge is 0.451 e. The lowest BCUT2D eigenvalue weighted by Gasteiger charge is -2.14. The van der Waals surface area contributed by atoms with Crippen LogP contribution in [0.3, 0.4) is 0 Å². The lowest BCUT2D eigenvalue weighted by Crippen LogP contribution is -2.32. The van der Waals surface area contributed by atoms with E-state index in [0.29, 0.717) is 11.4 Å². The predicted molar refractivity (Wildman–Crippen MR) is 93.7 cm³/mol. The van der Waals surface area contributed by atoms with E-state index in [-0.39, 0.29) is 22.0 Å². The van der Waals surface area contributed by atoms with Crippen LogP contribution in [0.25, 0.3) is 0 Å². The first-order chi connectivity index (χ1) is 11.8. The molecule has 0 bridgehead atoms. The zero-order chi connectivity index (χ0) is 18.6. The number of nitrogens with one attached hydrogen (secondary N) is 1. The predicted octanol–water partition coefficient (Wildman–Crippen LogP) is 2.31. The van der Waals surface area contributed by atoms with Crippen LogP contribution in [0.2, 0.25) is 5.02 Å². The van der Waals surface area contributed by atoms with Crippen molar-refractivity contribution in [3.63, 3.8) is 0 Å². The number of aryl methyl sites for hydroxylation is 1. The molecule has 0 aliphatic heterocycles. The van der Waals surface area contributed by atoms with Crippen molar-refractivity contribution in [3.05, 3.63) is 49.5 Å². The van der Waals surface area contributed by atoms with Crippen LogP contribution >= 0.6 is 22.9 Å². The average molecular weight is 380 g/mol. The minimum absolute atomic E-state index is 0.206. The highest BCUT2D eigenvalue weighted by Crippen LogP contribution is 2.20. The number of rotatable bonds is 5. The van der Waals surface area contributed by atoms with Crippen LogP contribution in [0, 0.1) is 18.3 Å². The third-order valence-corrected chi connectivity index (χ3v) is 4.49. The van der Waals surface area contributed by atoms with Gasteiger partial charge in [-0.1, -0.05) is 22.9 Å². The highest BCUT2D eigenvalue weighted by atomic mass is 35.5. The van der Waals surface area contributed by atoms with Crippen molar-refractivity contribution in [2.75, 3.05) is 5.32 Å². The standard InChI is InChI=1S/C16H14ClN3O4S/c1-9-8-25-16(23)20(9)7-14(21)24-10(2)15(22)19-12-4-3-11(6-18)13(17)5-12/h3-5,8,10H,7H2,1-2H3,(H,19,22)/t10-/m0/s1. The van der Waals surface area contributed by atoms with Crippen molar-refractivity contribution in [1.29, 1.82) is 5.26 Å². The van der Waals surface area contributed by atoms with Crippen LogP contribution in [0.1, 0.15) is 18.2 Å². The molecule has 7 nitrogen and oxygen atoms in total. The molecule has 1 aromatic heterocycles. The summed E-state index contributed by atoms with van der Waals surface area (Å²) < 4.78 is 6.33. The van der Waals surface area contributed by atoms with Crippen LogP contribution in [0.15, 0.2) is 28.4 Å².